The van der Waals surface area contributed by atoms with Crippen LogP contribution < -0.4 is 11.1 Å². The number of nitrogens with one attached hydrogen (secondary N) is 1. The van der Waals surface area contributed by atoms with E-state index in [1.54, 1.807) is 6.20 Å². The molecule has 0 bridgehead atoms. The smallest absolute Gasteiger partial charge is 0.224 e. The zero-order valence-corrected chi connectivity index (χ0v) is 10.6. The highest BCUT2D eigenvalue weighted by Crippen LogP contribution is 2.06. The lowest BCUT2D eigenvalue weighted by Crippen LogP contribution is -2.34. The van der Waals surface area contributed by atoms with E-state index in [1.807, 2.05) is 19.1 Å². The van der Waals surface area contributed by atoms with Crippen LogP contribution in [0.3, 0.4) is 0 Å². The van der Waals surface area contributed by atoms with Crippen LogP contribution in [0.1, 0.15) is 31.5 Å². The van der Waals surface area contributed by atoms with Gasteiger partial charge in [-0.2, -0.15) is 0 Å². The van der Waals surface area contributed by atoms with Crippen molar-refractivity contribution < 1.29 is 4.79 Å². The molecule has 3 N–H and O–H groups in total. The lowest BCUT2D eigenvalue weighted by molar-refractivity contribution is -0.124. The first-order valence-corrected chi connectivity index (χ1v) is 6.13. The minimum Gasteiger partial charge on any atom is -0.350 e. The van der Waals surface area contributed by atoms with Gasteiger partial charge in [-0.1, -0.05) is 19.9 Å². The average molecular weight is 235 g/mol. The summed E-state index contributed by atoms with van der Waals surface area (Å²) in [4.78, 5) is 16.0. The summed E-state index contributed by atoms with van der Waals surface area (Å²) in [6.07, 6.45) is 3.44. The maximum atomic E-state index is 11.8. The Labute approximate surface area is 103 Å². The minimum absolute atomic E-state index is 0.0164. The first kappa shape index (κ1) is 13.6. The molecule has 0 aliphatic rings. The minimum atomic E-state index is -0.0937. The van der Waals surface area contributed by atoms with E-state index in [9.17, 15) is 4.79 Å². The van der Waals surface area contributed by atoms with Crippen LogP contribution in [-0.4, -0.2) is 17.4 Å². The molecular formula is C13H21N3O. The molecular weight excluding hydrogens is 214 g/mol. The van der Waals surface area contributed by atoms with Gasteiger partial charge in [0.1, 0.15) is 0 Å². The number of aryl methyl sites for hydroxylation is 1. The molecule has 0 radical (unpaired) electrons. The van der Waals surface area contributed by atoms with Gasteiger partial charge in [0.25, 0.3) is 0 Å². The van der Waals surface area contributed by atoms with Crippen molar-refractivity contribution in [2.24, 2.45) is 11.7 Å². The Morgan fingerprint density at radius 1 is 1.53 bits per heavy atom. The lowest BCUT2D eigenvalue weighted by Gasteiger charge is -2.13. The number of rotatable bonds is 6. The van der Waals surface area contributed by atoms with Crippen LogP contribution in [0.4, 0.5) is 0 Å². The second-order valence-corrected chi connectivity index (χ2v) is 4.02. The normalized spacial score (nSPS) is 12.2. The molecule has 1 rings (SSSR count). The largest absolute Gasteiger partial charge is 0.350 e. The molecule has 0 spiro atoms. The number of nitrogens with zero attached hydrogens (tertiary/aromatic N) is 1. The number of pyridine rings is 1. The summed E-state index contributed by atoms with van der Waals surface area (Å²) in [7, 11) is 0. The van der Waals surface area contributed by atoms with Crippen LogP contribution >= 0.6 is 0 Å². The summed E-state index contributed by atoms with van der Waals surface area (Å²) in [5, 5.41) is 2.89. The fourth-order valence-corrected chi connectivity index (χ4v) is 1.73. The highest BCUT2D eigenvalue weighted by Gasteiger charge is 2.14. The van der Waals surface area contributed by atoms with Gasteiger partial charge in [0.15, 0.2) is 0 Å². The quantitative estimate of drug-likeness (QED) is 0.779. The Kier molecular flexibility index (Phi) is 5.63. The molecule has 1 aromatic heterocycles. The van der Waals surface area contributed by atoms with Crippen molar-refractivity contribution in [1.29, 1.82) is 0 Å². The van der Waals surface area contributed by atoms with Gasteiger partial charge >= 0.3 is 0 Å². The summed E-state index contributed by atoms with van der Waals surface area (Å²) in [6.45, 7) is 4.93. The fourth-order valence-electron chi connectivity index (χ4n) is 1.73. The Hall–Kier alpha value is -1.42. The number of hydrogen-bond donors (Lipinski definition) is 2. The Bertz CT molecular complexity index is 361. The molecule has 0 saturated carbocycles. The molecule has 0 aliphatic carbocycles. The molecule has 0 saturated heterocycles. The molecule has 1 heterocycles. The van der Waals surface area contributed by atoms with Gasteiger partial charge in [0.05, 0.1) is 12.2 Å². The Morgan fingerprint density at radius 2 is 2.29 bits per heavy atom. The summed E-state index contributed by atoms with van der Waals surface area (Å²) < 4.78 is 0. The van der Waals surface area contributed by atoms with E-state index in [4.69, 9.17) is 5.73 Å². The van der Waals surface area contributed by atoms with Crippen LogP contribution in [0.2, 0.25) is 0 Å². The molecule has 1 atom stereocenters. The topological polar surface area (TPSA) is 68.0 Å². The molecule has 0 aliphatic heterocycles. The number of hydrogen-bond acceptors (Lipinski definition) is 3. The second-order valence-electron chi connectivity index (χ2n) is 4.02. The molecule has 94 valence electrons. The van der Waals surface area contributed by atoms with Gasteiger partial charge < -0.3 is 11.1 Å². The third-order valence-electron chi connectivity index (χ3n) is 2.94. The van der Waals surface area contributed by atoms with E-state index in [1.165, 1.54) is 5.56 Å². The van der Waals surface area contributed by atoms with E-state index < -0.39 is 0 Å². The number of aromatic nitrogens is 1. The zero-order valence-electron chi connectivity index (χ0n) is 10.6. The Morgan fingerprint density at radius 3 is 2.88 bits per heavy atom. The van der Waals surface area contributed by atoms with Gasteiger partial charge in [-0.05, 0) is 24.5 Å². The highest BCUT2D eigenvalue weighted by atomic mass is 16.1. The van der Waals surface area contributed by atoms with E-state index in [0.29, 0.717) is 13.1 Å². The summed E-state index contributed by atoms with van der Waals surface area (Å²) in [6, 6.07) is 3.95. The van der Waals surface area contributed by atoms with E-state index in [2.05, 4.69) is 17.2 Å². The molecule has 17 heavy (non-hydrogen) atoms. The van der Waals surface area contributed by atoms with Crippen molar-refractivity contribution >= 4 is 5.91 Å². The third-order valence-corrected chi connectivity index (χ3v) is 2.94. The van der Waals surface area contributed by atoms with Crippen molar-refractivity contribution in [3.05, 3.63) is 29.6 Å². The average Bonchev–Trinajstić information content (AvgIpc) is 2.38. The zero-order chi connectivity index (χ0) is 12.7. The van der Waals surface area contributed by atoms with E-state index >= 15 is 0 Å². The van der Waals surface area contributed by atoms with Crippen molar-refractivity contribution in [2.75, 3.05) is 6.54 Å². The molecule has 1 aromatic rings. The van der Waals surface area contributed by atoms with Gasteiger partial charge in [0, 0.05) is 18.7 Å². The van der Waals surface area contributed by atoms with Crippen molar-refractivity contribution in [3.63, 3.8) is 0 Å². The molecule has 1 unspecified atom stereocenters. The maximum absolute atomic E-state index is 11.8. The van der Waals surface area contributed by atoms with Crippen LogP contribution in [0.25, 0.3) is 0 Å². The van der Waals surface area contributed by atoms with Gasteiger partial charge in [-0.3, -0.25) is 9.78 Å². The van der Waals surface area contributed by atoms with E-state index in [-0.39, 0.29) is 11.8 Å². The predicted octanol–water partition coefficient (Wildman–Crippen LogP) is 1.25. The molecule has 4 heteroatoms. The van der Waals surface area contributed by atoms with Crippen LogP contribution in [0.15, 0.2) is 18.3 Å². The molecule has 0 fully saturated rings. The van der Waals surface area contributed by atoms with Crippen molar-refractivity contribution in [3.8, 4) is 0 Å². The number of carbonyl (C=O) groups excluding carboxylic acids is 1. The maximum Gasteiger partial charge on any atom is 0.224 e. The second kappa shape index (κ2) is 7.01. The first-order chi connectivity index (χ1) is 8.22. The van der Waals surface area contributed by atoms with E-state index in [0.717, 1.165) is 18.5 Å². The first-order valence-electron chi connectivity index (χ1n) is 6.13. The lowest BCUT2D eigenvalue weighted by atomic mass is 10.1. The van der Waals surface area contributed by atoms with Crippen LogP contribution in [0.5, 0.6) is 0 Å². The summed E-state index contributed by atoms with van der Waals surface area (Å²) in [5.74, 6) is -0.0773. The predicted molar refractivity (Wildman–Crippen MR) is 68.3 cm³/mol. The number of amides is 1. The van der Waals surface area contributed by atoms with Crippen LogP contribution in [0, 0.1) is 5.92 Å². The number of nitrogens with two attached hydrogens (primary N) is 1. The standard InChI is InChI=1S/C13H21N3O/c1-3-10-6-5-7-15-12(10)9-16-13(17)11(4-2)8-14/h5-7,11H,3-4,8-9,14H2,1-2H3,(H,16,17). The highest BCUT2D eigenvalue weighted by molar-refractivity contribution is 5.78. The molecule has 1 amide bonds. The van der Waals surface area contributed by atoms with Gasteiger partial charge in [-0.15, -0.1) is 0 Å². The summed E-state index contributed by atoms with van der Waals surface area (Å²) in [5.41, 5.74) is 7.65. The third kappa shape index (κ3) is 3.82. The molecule has 0 aromatic carbocycles. The SMILES string of the molecule is CCc1cccnc1CNC(=O)C(CC)CN. The number of carbonyl (C=O) groups is 1. The summed E-state index contributed by atoms with van der Waals surface area (Å²) >= 11 is 0. The van der Waals surface area contributed by atoms with Crippen molar-refractivity contribution in [2.45, 2.75) is 33.2 Å². The van der Waals surface area contributed by atoms with Crippen LogP contribution in [-0.2, 0) is 17.8 Å². The molecule has 4 nitrogen and oxygen atoms in total. The van der Waals surface area contributed by atoms with Gasteiger partial charge in [0.2, 0.25) is 5.91 Å². The fraction of sp³-hybridized carbons (Fsp3) is 0.538. The van der Waals surface area contributed by atoms with Gasteiger partial charge in [-0.25, -0.2) is 0 Å². The Balaban J connectivity index is 2.58. The monoisotopic (exact) mass is 235 g/mol. The van der Waals surface area contributed by atoms with Crippen molar-refractivity contribution in [1.82, 2.24) is 10.3 Å².